The number of halogens is 1. The van der Waals surface area contributed by atoms with Gasteiger partial charge in [0.25, 0.3) is 0 Å². The Morgan fingerprint density at radius 3 is 3.05 bits per heavy atom. The summed E-state index contributed by atoms with van der Waals surface area (Å²) in [6.45, 7) is 1.55. The van der Waals surface area contributed by atoms with Crippen LogP contribution in [0.2, 0.25) is 5.02 Å². The Bertz CT molecular complexity index is 442. The Hall–Kier alpha value is -1.26. The average Bonchev–Trinajstić information content (AvgIpc) is 2.67. The van der Waals surface area contributed by atoms with Crippen molar-refractivity contribution in [3.63, 3.8) is 0 Å². The number of nitrogens with one attached hydrogen (secondary N) is 1. The molecule has 0 radical (unpaired) electrons. The molecule has 0 amide bonds. The van der Waals surface area contributed by atoms with Crippen LogP contribution in [-0.2, 0) is 9.47 Å². The van der Waals surface area contributed by atoms with E-state index in [1.807, 2.05) is 0 Å². The van der Waals surface area contributed by atoms with Gasteiger partial charge in [0, 0.05) is 24.3 Å². The molecule has 0 aliphatic carbocycles. The number of rotatable bonds is 3. The molecule has 1 atom stereocenters. The number of benzene rings is 1. The fourth-order valence-electron chi connectivity index (χ4n) is 2.19. The highest BCUT2D eigenvalue weighted by molar-refractivity contribution is 6.31. The number of esters is 1. The van der Waals surface area contributed by atoms with Gasteiger partial charge >= 0.3 is 5.97 Å². The van der Waals surface area contributed by atoms with E-state index in [9.17, 15) is 4.79 Å². The van der Waals surface area contributed by atoms with Crippen LogP contribution in [0, 0.1) is 0 Å². The first kappa shape index (κ1) is 14.2. The highest BCUT2D eigenvalue weighted by Crippen LogP contribution is 2.24. The Labute approximate surface area is 118 Å². The maximum atomic E-state index is 11.7. The summed E-state index contributed by atoms with van der Waals surface area (Å²) < 4.78 is 10.2. The molecule has 1 fully saturated rings. The Morgan fingerprint density at radius 1 is 1.42 bits per heavy atom. The molecule has 5 heteroatoms. The largest absolute Gasteiger partial charge is 0.465 e. The lowest BCUT2D eigenvalue weighted by atomic mass is 10.1. The van der Waals surface area contributed by atoms with Crippen molar-refractivity contribution in [1.82, 2.24) is 0 Å². The van der Waals surface area contributed by atoms with Crippen molar-refractivity contribution < 1.29 is 14.3 Å². The van der Waals surface area contributed by atoms with Crippen LogP contribution in [0.15, 0.2) is 18.2 Å². The topological polar surface area (TPSA) is 47.6 Å². The molecule has 1 aliphatic rings. The van der Waals surface area contributed by atoms with Gasteiger partial charge in [-0.3, -0.25) is 0 Å². The SMILES string of the molecule is COC(=O)c1ccc(Cl)cc1NC1CCCOCC1. The highest BCUT2D eigenvalue weighted by Gasteiger charge is 2.17. The minimum atomic E-state index is -0.357. The smallest absolute Gasteiger partial charge is 0.339 e. The predicted octanol–water partition coefficient (Wildman–Crippen LogP) is 3.11. The summed E-state index contributed by atoms with van der Waals surface area (Å²) in [5.41, 5.74) is 1.24. The fraction of sp³-hybridized carbons (Fsp3) is 0.500. The van der Waals surface area contributed by atoms with Crippen molar-refractivity contribution in [2.24, 2.45) is 0 Å². The van der Waals surface area contributed by atoms with E-state index in [4.69, 9.17) is 21.1 Å². The third-order valence-corrected chi connectivity index (χ3v) is 3.43. The zero-order chi connectivity index (χ0) is 13.7. The number of carbonyl (C=O) groups excluding carboxylic acids is 1. The van der Waals surface area contributed by atoms with Crippen LogP contribution in [0.4, 0.5) is 5.69 Å². The molecule has 0 saturated carbocycles. The predicted molar refractivity (Wildman–Crippen MR) is 74.9 cm³/mol. The van der Waals surface area contributed by atoms with Gasteiger partial charge in [0.1, 0.15) is 0 Å². The van der Waals surface area contributed by atoms with Crippen molar-refractivity contribution >= 4 is 23.3 Å². The van der Waals surface area contributed by atoms with Crippen LogP contribution in [0.1, 0.15) is 29.6 Å². The summed E-state index contributed by atoms with van der Waals surface area (Å²) in [6, 6.07) is 5.43. The molecule has 0 bridgehead atoms. The average molecular weight is 284 g/mol. The monoisotopic (exact) mass is 283 g/mol. The molecule has 1 saturated heterocycles. The number of hydrogen-bond donors (Lipinski definition) is 1. The van der Waals surface area contributed by atoms with Crippen LogP contribution >= 0.6 is 11.6 Å². The van der Waals surface area contributed by atoms with E-state index in [0.29, 0.717) is 16.6 Å². The van der Waals surface area contributed by atoms with Gasteiger partial charge in [-0.15, -0.1) is 0 Å². The van der Waals surface area contributed by atoms with Crippen LogP contribution in [0.3, 0.4) is 0 Å². The second-order valence-electron chi connectivity index (χ2n) is 4.57. The van der Waals surface area contributed by atoms with Crippen LogP contribution in [-0.4, -0.2) is 32.3 Å². The zero-order valence-corrected chi connectivity index (χ0v) is 11.7. The number of methoxy groups -OCH3 is 1. The summed E-state index contributed by atoms with van der Waals surface area (Å²) in [5, 5.41) is 3.98. The normalized spacial score (nSPS) is 19.6. The lowest BCUT2D eigenvalue weighted by Crippen LogP contribution is -2.21. The standard InChI is InChI=1S/C14H18ClNO3/c1-18-14(17)12-5-4-10(15)9-13(12)16-11-3-2-7-19-8-6-11/h4-5,9,11,16H,2-3,6-8H2,1H3. The van der Waals surface area contributed by atoms with Gasteiger partial charge in [0.05, 0.1) is 18.4 Å². The summed E-state index contributed by atoms with van der Waals surface area (Å²) >= 11 is 6.00. The van der Waals surface area contributed by atoms with Crippen LogP contribution < -0.4 is 5.32 Å². The summed E-state index contributed by atoms with van der Waals surface area (Å²) in [5.74, 6) is -0.357. The summed E-state index contributed by atoms with van der Waals surface area (Å²) in [6.07, 6.45) is 2.96. The molecule has 1 aromatic carbocycles. The van der Waals surface area contributed by atoms with Gasteiger partial charge in [0.15, 0.2) is 0 Å². The first-order valence-corrected chi connectivity index (χ1v) is 6.80. The van der Waals surface area contributed by atoms with Crippen molar-refractivity contribution in [2.75, 3.05) is 25.6 Å². The summed E-state index contributed by atoms with van der Waals surface area (Å²) in [7, 11) is 1.38. The lowest BCUT2D eigenvalue weighted by Gasteiger charge is -2.19. The molecule has 1 unspecified atom stereocenters. The van der Waals surface area contributed by atoms with E-state index in [-0.39, 0.29) is 5.97 Å². The van der Waals surface area contributed by atoms with E-state index in [2.05, 4.69) is 5.32 Å². The minimum Gasteiger partial charge on any atom is -0.465 e. The van der Waals surface area contributed by atoms with Gasteiger partial charge in [0.2, 0.25) is 0 Å². The zero-order valence-electron chi connectivity index (χ0n) is 10.9. The van der Waals surface area contributed by atoms with E-state index in [1.54, 1.807) is 18.2 Å². The number of carbonyl (C=O) groups is 1. The van der Waals surface area contributed by atoms with E-state index >= 15 is 0 Å². The Morgan fingerprint density at radius 2 is 2.26 bits per heavy atom. The van der Waals surface area contributed by atoms with Gasteiger partial charge in [-0.2, -0.15) is 0 Å². The minimum absolute atomic E-state index is 0.296. The molecule has 4 nitrogen and oxygen atoms in total. The van der Waals surface area contributed by atoms with E-state index in [0.717, 1.165) is 38.2 Å². The second kappa shape index (κ2) is 6.78. The third-order valence-electron chi connectivity index (χ3n) is 3.20. The molecule has 0 aromatic heterocycles. The quantitative estimate of drug-likeness (QED) is 0.866. The number of ether oxygens (including phenoxy) is 2. The molecular formula is C14H18ClNO3. The fourth-order valence-corrected chi connectivity index (χ4v) is 2.36. The highest BCUT2D eigenvalue weighted by atomic mass is 35.5. The van der Waals surface area contributed by atoms with Gasteiger partial charge < -0.3 is 14.8 Å². The first-order valence-electron chi connectivity index (χ1n) is 6.43. The lowest BCUT2D eigenvalue weighted by molar-refractivity contribution is 0.0602. The molecule has 2 rings (SSSR count). The second-order valence-corrected chi connectivity index (χ2v) is 5.00. The molecule has 19 heavy (non-hydrogen) atoms. The number of anilines is 1. The molecule has 0 spiro atoms. The Kier molecular flexibility index (Phi) is 5.05. The van der Waals surface area contributed by atoms with Crippen molar-refractivity contribution in [1.29, 1.82) is 0 Å². The molecule has 104 valence electrons. The van der Waals surface area contributed by atoms with Crippen molar-refractivity contribution in [3.05, 3.63) is 28.8 Å². The molecule has 1 heterocycles. The van der Waals surface area contributed by atoms with Crippen molar-refractivity contribution in [2.45, 2.75) is 25.3 Å². The molecule has 1 aliphatic heterocycles. The summed E-state index contributed by atoms with van der Waals surface area (Å²) in [4.78, 5) is 11.7. The first-order chi connectivity index (χ1) is 9.20. The van der Waals surface area contributed by atoms with E-state index in [1.165, 1.54) is 7.11 Å². The van der Waals surface area contributed by atoms with Crippen LogP contribution in [0.25, 0.3) is 0 Å². The Balaban J connectivity index is 2.17. The third kappa shape index (κ3) is 3.85. The molecule has 1 aromatic rings. The molecular weight excluding hydrogens is 266 g/mol. The van der Waals surface area contributed by atoms with Gasteiger partial charge in [-0.1, -0.05) is 11.6 Å². The van der Waals surface area contributed by atoms with Gasteiger partial charge in [-0.25, -0.2) is 4.79 Å². The maximum Gasteiger partial charge on any atom is 0.339 e. The maximum absolute atomic E-state index is 11.7. The van der Waals surface area contributed by atoms with Crippen LogP contribution in [0.5, 0.6) is 0 Å². The van der Waals surface area contributed by atoms with E-state index < -0.39 is 0 Å². The molecule has 1 N–H and O–H groups in total. The van der Waals surface area contributed by atoms with Crippen molar-refractivity contribution in [3.8, 4) is 0 Å². The van der Waals surface area contributed by atoms with Gasteiger partial charge in [-0.05, 0) is 37.5 Å². The number of hydrogen-bond acceptors (Lipinski definition) is 4.